The fourth-order valence-corrected chi connectivity index (χ4v) is 2.62. The average Bonchev–Trinajstić information content (AvgIpc) is 2.98. The molecule has 17 heavy (non-hydrogen) atoms. The molecule has 1 N–H and O–H groups in total. The molecule has 1 heterocycles. The normalized spacial score (nSPS) is 20.8. The highest BCUT2D eigenvalue weighted by Crippen LogP contribution is 2.36. The Bertz CT molecular complexity index is 368. The van der Waals surface area contributed by atoms with E-state index in [2.05, 4.69) is 14.5 Å². The number of hydrogen-bond acceptors (Lipinski definition) is 3. The van der Waals surface area contributed by atoms with E-state index in [0.717, 1.165) is 13.1 Å². The minimum atomic E-state index is 0.258. The average molecular weight is 235 g/mol. The Balaban J connectivity index is 1.67. The van der Waals surface area contributed by atoms with Crippen molar-refractivity contribution in [2.24, 2.45) is 0 Å². The van der Waals surface area contributed by atoms with Crippen LogP contribution in [-0.4, -0.2) is 38.8 Å². The van der Waals surface area contributed by atoms with E-state index in [9.17, 15) is 0 Å². The predicted octanol–water partition coefficient (Wildman–Crippen LogP) is 1.56. The fourth-order valence-electron chi connectivity index (χ4n) is 2.62. The minimum Gasteiger partial charge on any atom is -0.395 e. The van der Waals surface area contributed by atoms with E-state index in [0.29, 0.717) is 12.1 Å². The summed E-state index contributed by atoms with van der Waals surface area (Å²) in [5, 5.41) is 9.16. The summed E-state index contributed by atoms with van der Waals surface area (Å²) in [6, 6.07) is 1.38. The third-order valence-electron chi connectivity index (χ3n) is 4.03. The van der Waals surface area contributed by atoms with E-state index in [1.165, 1.54) is 37.8 Å². The van der Waals surface area contributed by atoms with Gasteiger partial charge < -0.3 is 9.67 Å². The second kappa shape index (κ2) is 4.78. The van der Waals surface area contributed by atoms with E-state index in [-0.39, 0.29) is 6.61 Å². The van der Waals surface area contributed by atoms with Gasteiger partial charge in [-0.2, -0.15) is 0 Å². The molecule has 2 saturated carbocycles. The van der Waals surface area contributed by atoms with Crippen molar-refractivity contribution < 1.29 is 5.11 Å². The van der Waals surface area contributed by atoms with Gasteiger partial charge in [0.15, 0.2) is 0 Å². The Hall–Kier alpha value is -0.870. The number of aromatic nitrogens is 2. The minimum absolute atomic E-state index is 0.258. The molecule has 4 nitrogen and oxygen atoms in total. The maximum Gasteiger partial charge on any atom is 0.0951 e. The number of nitrogens with zero attached hydrogens (tertiary/aromatic N) is 3. The lowest BCUT2D eigenvalue weighted by Crippen LogP contribution is -2.41. The van der Waals surface area contributed by atoms with Crippen molar-refractivity contribution in [3.05, 3.63) is 18.2 Å². The Labute approximate surface area is 102 Å². The van der Waals surface area contributed by atoms with Gasteiger partial charge in [-0.1, -0.05) is 6.42 Å². The summed E-state index contributed by atoms with van der Waals surface area (Å²) >= 11 is 0. The molecule has 0 bridgehead atoms. The van der Waals surface area contributed by atoms with E-state index < -0.39 is 0 Å². The predicted molar refractivity (Wildman–Crippen MR) is 65.6 cm³/mol. The lowest BCUT2D eigenvalue weighted by molar-refractivity contribution is 0.0922. The number of imidazole rings is 1. The Kier molecular flexibility index (Phi) is 3.16. The van der Waals surface area contributed by atoms with Crippen LogP contribution in [0.25, 0.3) is 0 Å². The van der Waals surface area contributed by atoms with Gasteiger partial charge in [0.25, 0.3) is 0 Å². The van der Waals surface area contributed by atoms with Crippen molar-refractivity contribution in [3.8, 4) is 0 Å². The van der Waals surface area contributed by atoms with Crippen LogP contribution in [-0.2, 0) is 6.54 Å². The van der Waals surface area contributed by atoms with Crippen molar-refractivity contribution in [1.82, 2.24) is 14.5 Å². The molecule has 4 heteroatoms. The first-order valence-corrected chi connectivity index (χ1v) is 6.74. The van der Waals surface area contributed by atoms with Crippen molar-refractivity contribution in [2.75, 3.05) is 13.2 Å². The zero-order valence-corrected chi connectivity index (χ0v) is 10.3. The van der Waals surface area contributed by atoms with E-state index >= 15 is 0 Å². The van der Waals surface area contributed by atoms with Gasteiger partial charge in [0.1, 0.15) is 0 Å². The van der Waals surface area contributed by atoms with Gasteiger partial charge in [0, 0.05) is 31.4 Å². The van der Waals surface area contributed by atoms with Crippen LogP contribution in [0.5, 0.6) is 0 Å². The molecule has 1 aromatic heterocycles. The van der Waals surface area contributed by atoms with Crippen LogP contribution in [0.3, 0.4) is 0 Å². The summed E-state index contributed by atoms with van der Waals surface area (Å²) < 4.78 is 2.32. The molecule has 2 aliphatic rings. The highest BCUT2D eigenvalue weighted by molar-refractivity contribution is 5.04. The van der Waals surface area contributed by atoms with Gasteiger partial charge in [-0.15, -0.1) is 0 Å². The molecule has 0 radical (unpaired) electrons. The SMILES string of the molecule is OCCN(Cc1cncn1C1CC1)C1CCC1. The van der Waals surface area contributed by atoms with Crippen LogP contribution in [0.2, 0.25) is 0 Å². The van der Waals surface area contributed by atoms with Crippen LogP contribution >= 0.6 is 0 Å². The molecular formula is C13H21N3O. The third kappa shape index (κ3) is 2.38. The zero-order valence-electron chi connectivity index (χ0n) is 10.3. The van der Waals surface area contributed by atoms with Gasteiger partial charge in [0.2, 0.25) is 0 Å². The summed E-state index contributed by atoms with van der Waals surface area (Å²) in [4.78, 5) is 6.69. The zero-order chi connectivity index (χ0) is 11.7. The molecule has 2 fully saturated rings. The number of aliphatic hydroxyl groups is 1. The largest absolute Gasteiger partial charge is 0.395 e. The lowest BCUT2D eigenvalue weighted by Gasteiger charge is -2.37. The molecule has 0 saturated heterocycles. The summed E-state index contributed by atoms with van der Waals surface area (Å²) in [5.74, 6) is 0. The fraction of sp³-hybridized carbons (Fsp3) is 0.769. The monoisotopic (exact) mass is 235 g/mol. The molecule has 1 aromatic rings. The Morgan fingerprint density at radius 2 is 2.18 bits per heavy atom. The molecular weight excluding hydrogens is 214 g/mol. The molecule has 0 unspecified atom stereocenters. The summed E-state index contributed by atoms with van der Waals surface area (Å²) in [6.07, 6.45) is 10.5. The quantitative estimate of drug-likeness (QED) is 0.813. The van der Waals surface area contributed by atoms with Crippen LogP contribution in [0.4, 0.5) is 0 Å². The Morgan fingerprint density at radius 1 is 1.35 bits per heavy atom. The standard InChI is InChI=1S/C13H21N3O/c17-7-6-15(11-2-1-3-11)9-13-8-14-10-16(13)12-4-5-12/h8,10-12,17H,1-7,9H2. The van der Waals surface area contributed by atoms with Crippen molar-refractivity contribution in [3.63, 3.8) is 0 Å². The van der Waals surface area contributed by atoms with Crippen molar-refractivity contribution in [1.29, 1.82) is 0 Å². The second-order valence-corrected chi connectivity index (χ2v) is 5.30. The molecule has 0 amide bonds. The van der Waals surface area contributed by atoms with Crippen LogP contribution < -0.4 is 0 Å². The number of hydrogen-bond donors (Lipinski definition) is 1. The maximum atomic E-state index is 9.16. The maximum absolute atomic E-state index is 9.16. The highest BCUT2D eigenvalue weighted by Gasteiger charge is 2.28. The highest BCUT2D eigenvalue weighted by atomic mass is 16.3. The topological polar surface area (TPSA) is 41.3 Å². The molecule has 0 aliphatic heterocycles. The number of rotatable bonds is 6. The first kappa shape index (κ1) is 11.2. The third-order valence-corrected chi connectivity index (χ3v) is 4.03. The van der Waals surface area contributed by atoms with E-state index in [1.54, 1.807) is 0 Å². The van der Waals surface area contributed by atoms with Crippen LogP contribution in [0.1, 0.15) is 43.8 Å². The molecule has 0 atom stereocenters. The van der Waals surface area contributed by atoms with E-state index in [1.807, 2.05) is 12.5 Å². The summed E-state index contributed by atoms with van der Waals surface area (Å²) in [7, 11) is 0. The van der Waals surface area contributed by atoms with Gasteiger partial charge in [-0.3, -0.25) is 4.90 Å². The van der Waals surface area contributed by atoms with Gasteiger partial charge in [-0.25, -0.2) is 4.98 Å². The molecule has 2 aliphatic carbocycles. The summed E-state index contributed by atoms with van der Waals surface area (Å²) in [5.41, 5.74) is 1.31. The van der Waals surface area contributed by atoms with Gasteiger partial charge in [-0.05, 0) is 25.7 Å². The number of aliphatic hydroxyl groups excluding tert-OH is 1. The second-order valence-electron chi connectivity index (χ2n) is 5.30. The first-order chi connectivity index (χ1) is 8.38. The van der Waals surface area contributed by atoms with Crippen molar-refractivity contribution >= 4 is 0 Å². The van der Waals surface area contributed by atoms with Gasteiger partial charge >= 0.3 is 0 Å². The molecule has 3 rings (SSSR count). The molecule has 0 aromatic carbocycles. The Morgan fingerprint density at radius 3 is 2.76 bits per heavy atom. The van der Waals surface area contributed by atoms with E-state index in [4.69, 9.17) is 5.11 Å². The lowest BCUT2D eigenvalue weighted by atomic mass is 9.91. The van der Waals surface area contributed by atoms with Crippen molar-refractivity contribution in [2.45, 2.75) is 50.7 Å². The summed E-state index contributed by atoms with van der Waals surface area (Å²) in [6.45, 7) is 2.00. The molecule has 0 spiro atoms. The smallest absolute Gasteiger partial charge is 0.0951 e. The van der Waals surface area contributed by atoms with Crippen LogP contribution in [0.15, 0.2) is 12.5 Å². The molecule has 94 valence electrons. The first-order valence-electron chi connectivity index (χ1n) is 6.74. The van der Waals surface area contributed by atoms with Gasteiger partial charge in [0.05, 0.1) is 18.6 Å². The van der Waals surface area contributed by atoms with Crippen LogP contribution in [0, 0.1) is 0 Å².